The van der Waals surface area contributed by atoms with E-state index in [-0.39, 0.29) is 5.91 Å². The minimum Gasteiger partial charge on any atom is -0.497 e. The first kappa shape index (κ1) is 16.3. The van der Waals surface area contributed by atoms with Gasteiger partial charge in [-0.05, 0) is 30.3 Å². The molecule has 0 fully saturated rings. The van der Waals surface area contributed by atoms with Crippen LogP contribution in [0.15, 0.2) is 48.5 Å². The molecule has 0 heterocycles. The number of carbonyl (C=O) groups is 1. The van der Waals surface area contributed by atoms with Crippen LogP contribution in [0.5, 0.6) is 5.75 Å². The molecule has 0 aliphatic heterocycles. The Morgan fingerprint density at radius 1 is 1.18 bits per heavy atom. The lowest BCUT2D eigenvalue weighted by molar-refractivity contribution is -0.885. The lowest BCUT2D eigenvalue weighted by atomic mass is 10.2. The number of amides is 1. The van der Waals surface area contributed by atoms with Crippen molar-refractivity contribution in [1.29, 1.82) is 0 Å². The number of quaternary nitrogens is 1. The lowest BCUT2D eigenvalue weighted by Crippen LogP contribution is -3.08. The number of ether oxygens (including phenoxy) is 1. The molecule has 0 aliphatic carbocycles. The van der Waals surface area contributed by atoms with Crippen LogP contribution in [0.3, 0.4) is 0 Å². The number of nitrogens with one attached hydrogen (secondary N) is 2. The van der Waals surface area contributed by atoms with Gasteiger partial charge in [0.25, 0.3) is 5.91 Å². The molecule has 22 heavy (non-hydrogen) atoms. The zero-order valence-corrected chi connectivity index (χ0v) is 13.5. The molecule has 0 radical (unpaired) electrons. The van der Waals surface area contributed by atoms with Gasteiger partial charge in [0.1, 0.15) is 12.3 Å². The molecule has 0 aliphatic rings. The van der Waals surface area contributed by atoms with Crippen molar-refractivity contribution in [2.75, 3.05) is 26.0 Å². The highest BCUT2D eigenvalue weighted by molar-refractivity contribution is 6.31. The fourth-order valence-electron chi connectivity index (χ4n) is 2.18. The van der Waals surface area contributed by atoms with E-state index < -0.39 is 0 Å². The summed E-state index contributed by atoms with van der Waals surface area (Å²) in [6.45, 7) is 1.08. The third-order valence-electron chi connectivity index (χ3n) is 3.29. The number of hydrogen-bond donors (Lipinski definition) is 2. The maximum Gasteiger partial charge on any atom is 0.279 e. The Labute approximate surface area is 135 Å². The Morgan fingerprint density at radius 2 is 1.86 bits per heavy atom. The minimum atomic E-state index is -0.0327. The number of likely N-dealkylation sites (N-methyl/N-ethyl adjacent to an activating group) is 1. The molecule has 2 aromatic rings. The topological polar surface area (TPSA) is 42.8 Å². The Balaban J connectivity index is 1.87. The molecule has 5 heteroatoms. The van der Waals surface area contributed by atoms with Crippen LogP contribution in [-0.4, -0.2) is 26.6 Å². The molecule has 1 amide bonds. The van der Waals surface area contributed by atoms with Crippen LogP contribution in [-0.2, 0) is 11.3 Å². The monoisotopic (exact) mass is 319 g/mol. The van der Waals surface area contributed by atoms with Crippen molar-refractivity contribution in [3.05, 3.63) is 59.1 Å². The van der Waals surface area contributed by atoms with Gasteiger partial charge in [0.2, 0.25) is 0 Å². The Kier molecular flexibility index (Phi) is 5.81. The minimum absolute atomic E-state index is 0.0327. The van der Waals surface area contributed by atoms with Gasteiger partial charge in [-0.2, -0.15) is 0 Å². The van der Waals surface area contributed by atoms with E-state index in [0.29, 0.717) is 13.1 Å². The quantitative estimate of drug-likeness (QED) is 0.855. The molecule has 2 rings (SSSR count). The van der Waals surface area contributed by atoms with Gasteiger partial charge in [0.15, 0.2) is 6.54 Å². The summed E-state index contributed by atoms with van der Waals surface area (Å²) in [5.74, 6) is 0.731. The number of methoxy groups -OCH3 is 1. The lowest BCUT2D eigenvalue weighted by Gasteiger charge is -2.14. The van der Waals surface area contributed by atoms with Crippen molar-refractivity contribution in [3.63, 3.8) is 0 Å². The summed E-state index contributed by atoms with van der Waals surface area (Å²) in [6, 6.07) is 15.0. The molecule has 1 unspecified atom stereocenters. The molecule has 0 saturated heterocycles. The Hall–Kier alpha value is -2.04. The van der Waals surface area contributed by atoms with Crippen LogP contribution in [0, 0.1) is 0 Å². The standard InChI is InChI=1S/C17H19ClN2O2/c1-20(11-13-5-3-4-6-16(13)18)12-17(21)19-14-7-9-15(22-2)10-8-14/h3-10H,11-12H2,1-2H3,(H,19,21)/p+1. The molecule has 0 saturated carbocycles. The molecule has 2 N–H and O–H groups in total. The van der Waals surface area contributed by atoms with E-state index in [1.165, 1.54) is 0 Å². The van der Waals surface area contributed by atoms with Crippen LogP contribution < -0.4 is 15.0 Å². The Bertz CT molecular complexity index is 629. The molecule has 0 aromatic heterocycles. The van der Waals surface area contributed by atoms with E-state index in [2.05, 4.69) is 5.32 Å². The predicted molar refractivity (Wildman–Crippen MR) is 88.5 cm³/mol. The van der Waals surface area contributed by atoms with Crippen molar-refractivity contribution in [3.8, 4) is 5.75 Å². The number of hydrogen-bond acceptors (Lipinski definition) is 2. The highest BCUT2D eigenvalue weighted by atomic mass is 35.5. The molecular formula is C17H20ClN2O2+. The van der Waals surface area contributed by atoms with Crippen molar-refractivity contribution in [2.45, 2.75) is 6.54 Å². The van der Waals surface area contributed by atoms with Crippen LogP contribution in [0.4, 0.5) is 5.69 Å². The van der Waals surface area contributed by atoms with E-state index in [1.54, 1.807) is 7.11 Å². The molecule has 2 aromatic carbocycles. The first-order valence-corrected chi connectivity index (χ1v) is 7.45. The van der Waals surface area contributed by atoms with Crippen molar-refractivity contribution >= 4 is 23.2 Å². The normalized spacial score (nSPS) is 11.8. The summed E-state index contributed by atoms with van der Waals surface area (Å²) in [7, 11) is 3.58. The van der Waals surface area contributed by atoms with Crippen LogP contribution >= 0.6 is 11.6 Å². The number of anilines is 1. The third-order valence-corrected chi connectivity index (χ3v) is 3.65. The second kappa shape index (κ2) is 7.82. The van der Waals surface area contributed by atoms with Gasteiger partial charge in [-0.25, -0.2) is 0 Å². The smallest absolute Gasteiger partial charge is 0.279 e. The zero-order chi connectivity index (χ0) is 15.9. The van der Waals surface area contributed by atoms with Gasteiger partial charge >= 0.3 is 0 Å². The average Bonchev–Trinajstić information content (AvgIpc) is 2.50. The highest BCUT2D eigenvalue weighted by Crippen LogP contribution is 2.15. The fraction of sp³-hybridized carbons (Fsp3) is 0.235. The van der Waals surface area contributed by atoms with E-state index in [4.69, 9.17) is 16.3 Å². The average molecular weight is 320 g/mol. The van der Waals surface area contributed by atoms with E-state index in [9.17, 15) is 4.79 Å². The van der Waals surface area contributed by atoms with Crippen LogP contribution in [0.25, 0.3) is 0 Å². The van der Waals surface area contributed by atoms with Crippen molar-refractivity contribution in [2.24, 2.45) is 0 Å². The molecule has 0 spiro atoms. The van der Waals surface area contributed by atoms with Gasteiger partial charge in [0, 0.05) is 16.3 Å². The van der Waals surface area contributed by atoms with E-state index >= 15 is 0 Å². The Morgan fingerprint density at radius 3 is 2.50 bits per heavy atom. The summed E-state index contributed by atoms with van der Waals surface area (Å²) in [6.07, 6.45) is 0. The number of benzene rings is 2. The maximum atomic E-state index is 12.1. The molecule has 1 atom stereocenters. The van der Waals surface area contributed by atoms with Gasteiger partial charge in [-0.3, -0.25) is 4.79 Å². The van der Waals surface area contributed by atoms with Gasteiger partial charge in [0.05, 0.1) is 14.2 Å². The maximum absolute atomic E-state index is 12.1. The number of rotatable bonds is 6. The third kappa shape index (κ3) is 4.76. The van der Waals surface area contributed by atoms with Crippen molar-refractivity contribution < 1.29 is 14.4 Å². The van der Waals surface area contributed by atoms with E-state index in [1.807, 2.05) is 55.6 Å². The first-order chi connectivity index (χ1) is 10.6. The number of halogens is 1. The van der Waals surface area contributed by atoms with Gasteiger partial charge in [-0.1, -0.05) is 29.8 Å². The summed E-state index contributed by atoms with van der Waals surface area (Å²) < 4.78 is 5.09. The number of carbonyl (C=O) groups excluding carboxylic acids is 1. The van der Waals surface area contributed by atoms with Crippen LogP contribution in [0.1, 0.15) is 5.56 Å². The summed E-state index contributed by atoms with van der Waals surface area (Å²) in [5.41, 5.74) is 1.80. The molecule has 0 bridgehead atoms. The summed E-state index contributed by atoms with van der Waals surface area (Å²) in [4.78, 5) is 13.1. The second-order valence-electron chi connectivity index (χ2n) is 5.18. The van der Waals surface area contributed by atoms with E-state index in [0.717, 1.165) is 26.9 Å². The van der Waals surface area contributed by atoms with Gasteiger partial charge in [-0.15, -0.1) is 0 Å². The second-order valence-corrected chi connectivity index (χ2v) is 5.59. The summed E-state index contributed by atoms with van der Waals surface area (Å²) >= 11 is 6.14. The van der Waals surface area contributed by atoms with Gasteiger partial charge < -0.3 is 15.0 Å². The molecule has 116 valence electrons. The SMILES string of the molecule is COc1ccc(NC(=O)C[NH+](C)Cc2ccccc2Cl)cc1. The predicted octanol–water partition coefficient (Wildman–Crippen LogP) is 2.00. The molecular weight excluding hydrogens is 300 g/mol. The highest BCUT2D eigenvalue weighted by Gasteiger charge is 2.12. The first-order valence-electron chi connectivity index (χ1n) is 7.07. The fourth-order valence-corrected chi connectivity index (χ4v) is 2.39. The summed E-state index contributed by atoms with van der Waals surface area (Å²) in [5, 5.41) is 3.61. The molecule has 4 nitrogen and oxygen atoms in total. The zero-order valence-electron chi connectivity index (χ0n) is 12.7. The van der Waals surface area contributed by atoms with Crippen LogP contribution in [0.2, 0.25) is 5.02 Å². The largest absolute Gasteiger partial charge is 0.497 e. The van der Waals surface area contributed by atoms with Crippen molar-refractivity contribution in [1.82, 2.24) is 0 Å².